The van der Waals surface area contributed by atoms with Gasteiger partial charge < -0.3 is 5.32 Å². The van der Waals surface area contributed by atoms with E-state index >= 15 is 0 Å². The molecule has 3 heterocycles. The highest BCUT2D eigenvalue weighted by Crippen LogP contribution is 2.28. The Morgan fingerprint density at radius 1 is 1.09 bits per heavy atom. The van der Waals surface area contributed by atoms with Crippen LogP contribution in [0.25, 0.3) is 5.65 Å². The second kappa shape index (κ2) is 5.28. The highest BCUT2D eigenvalue weighted by Gasteiger charge is 2.32. The summed E-state index contributed by atoms with van der Waals surface area (Å²) >= 11 is 0. The van der Waals surface area contributed by atoms with Gasteiger partial charge in [0, 0.05) is 6.20 Å². The molecule has 1 N–H and O–H groups in total. The van der Waals surface area contributed by atoms with E-state index in [1.54, 1.807) is 23.6 Å². The maximum Gasteiger partial charge on any atom is 0.433 e. The first kappa shape index (κ1) is 14.3. The van der Waals surface area contributed by atoms with Crippen molar-refractivity contribution in [3.63, 3.8) is 0 Å². The Morgan fingerprint density at radius 3 is 2.68 bits per heavy atom. The van der Waals surface area contributed by atoms with E-state index in [1.165, 1.54) is 12.1 Å². The second-order valence-electron chi connectivity index (χ2n) is 4.76. The van der Waals surface area contributed by atoms with Crippen molar-refractivity contribution >= 4 is 11.5 Å². The van der Waals surface area contributed by atoms with Crippen molar-refractivity contribution in [2.45, 2.75) is 19.1 Å². The van der Waals surface area contributed by atoms with Gasteiger partial charge in [0.15, 0.2) is 11.5 Å². The Labute approximate surface area is 123 Å². The second-order valence-corrected chi connectivity index (χ2v) is 4.76. The van der Waals surface area contributed by atoms with Gasteiger partial charge in [0.05, 0.1) is 6.04 Å². The van der Waals surface area contributed by atoms with Gasteiger partial charge in [0.1, 0.15) is 11.5 Å². The van der Waals surface area contributed by atoms with E-state index in [1.807, 2.05) is 12.1 Å². The number of halogens is 3. The monoisotopic (exact) mass is 307 g/mol. The smallest absolute Gasteiger partial charge is 0.360 e. The molecule has 3 aromatic heterocycles. The van der Waals surface area contributed by atoms with Gasteiger partial charge in [-0.2, -0.15) is 13.2 Å². The third kappa shape index (κ3) is 2.72. The Morgan fingerprint density at radius 2 is 1.91 bits per heavy atom. The number of hydrogen-bond acceptors (Lipinski definition) is 4. The number of alkyl halides is 3. The van der Waals surface area contributed by atoms with Gasteiger partial charge in [-0.3, -0.25) is 4.40 Å². The Balaban J connectivity index is 1.87. The number of nitrogens with one attached hydrogen (secondary N) is 1. The van der Waals surface area contributed by atoms with Crippen molar-refractivity contribution in [2.24, 2.45) is 0 Å². The van der Waals surface area contributed by atoms with Crippen molar-refractivity contribution < 1.29 is 13.2 Å². The zero-order valence-corrected chi connectivity index (χ0v) is 11.5. The Kier molecular flexibility index (Phi) is 3.44. The van der Waals surface area contributed by atoms with Gasteiger partial charge in [0.25, 0.3) is 0 Å². The topological polar surface area (TPSA) is 55.1 Å². The fourth-order valence-corrected chi connectivity index (χ4v) is 2.11. The Bertz CT molecular complexity index is 796. The van der Waals surface area contributed by atoms with E-state index in [9.17, 15) is 13.2 Å². The molecule has 3 rings (SSSR count). The van der Waals surface area contributed by atoms with Gasteiger partial charge in [-0.15, -0.1) is 10.2 Å². The van der Waals surface area contributed by atoms with Gasteiger partial charge in [-0.25, -0.2) is 4.98 Å². The lowest BCUT2D eigenvalue weighted by atomic mass is 10.3. The molecule has 5 nitrogen and oxygen atoms in total. The number of hydrogen-bond donors (Lipinski definition) is 1. The predicted molar refractivity (Wildman–Crippen MR) is 74.3 cm³/mol. The fourth-order valence-electron chi connectivity index (χ4n) is 2.11. The molecule has 0 spiro atoms. The van der Waals surface area contributed by atoms with Gasteiger partial charge in [-0.1, -0.05) is 12.1 Å². The van der Waals surface area contributed by atoms with Crippen LogP contribution in [0.1, 0.15) is 24.5 Å². The summed E-state index contributed by atoms with van der Waals surface area (Å²) in [7, 11) is 0. The predicted octanol–water partition coefficient (Wildman–Crippen LogP) is 3.32. The summed E-state index contributed by atoms with van der Waals surface area (Å²) in [5.74, 6) is 0.727. The van der Waals surface area contributed by atoms with E-state index in [4.69, 9.17) is 0 Å². The summed E-state index contributed by atoms with van der Waals surface area (Å²) in [4.78, 5) is 3.58. The molecule has 0 saturated carbocycles. The van der Waals surface area contributed by atoms with Crippen LogP contribution in [-0.4, -0.2) is 19.6 Å². The quantitative estimate of drug-likeness (QED) is 0.806. The summed E-state index contributed by atoms with van der Waals surface area (Å²) < 4.78 is 39.8. The van der Waals surface area contributed by atoms with Crippen LogP contribution in [0.4, 0.5) is 19.0 Å². The third-order valence-electron chi connectivity index (χ3n) is 3.13. The summed E-state index contributed by atoms with van der Waals surface area (Å²) in [5.41, 5.74) is -0.265. The summed E-state index contributed by atoms with van der Waals surface area (Å²) in [6.07, 6.45) is -2.68. The molecule has 114 valence electrons. The summed E-state index contributed by atoms with van der Waals surface area (Å²) in [6, 6.07) is 8.83. The van der Waals surface area contributed by atoms with Crippen LogP contribution < -0.4 is 5.32 Å². The average molecular weight is 307 g/mol. The minimum atomic E-state index is -4.47. The molecule has 1 unspecified atom stereocenters. The van der Waals surface area contributed by atoms with Crippen molar-refractivity contribution in [3.05, 3.63) is 54.1 Å². The zero-order chi connectivity index (χ0) is 15.7. The zero-order valence-electron chi connectivity index (χ0n) is 11.5. The van der Waals surface area contributed by atoms with Crippen LogP contribution in [0.15, 0.2) is 42.6 Å². The molecule has 1 atom stereocenters. The van der Waals surface area contributed by atoms with Crippen LogP contribution in [0.5, 0.6) is 0 Å². The van der Waals surface area contributed by atoms with E-state index < -0.39 is 11.9 Å². The molecule has 0 aliphatic heterocycles. The molecule has 0 fully saturated rings. The number of rotatable bonds is 3. The molecular formula is C14H12F3N5. The first-order valence-corrected chi connectivity index (χ1v) is 6.55. The van der Waals surface area contributed by atoms with Gasteiger partial charge >= 0.3 is 6.18 Å². The van der Waals surface area contributed by atoms with Crippen LogP contribution >= 0.6 is 0 Å². The van der Waals surface area contributed by atoms with Gasteiger partial charge in [-0.05, 0) is 31.2 Å². The first-order chi connectivity index (χ1) is 10.4. The van der Waals surface area contributed by atoms with E-state index in [-0.39, 0.29) is 11.9 Å². The molecule has 0 amide bonds. The first-order valence-electron chi connectivity index (χ1n) is 6.55. The standard InChI is InChI=1S/C14H12F3N5/c1-9(13-21-20-12-7-2-3-8-22(12)13)18-11-6-4-5-10(19-11)14(15,16)17/h2-9H,1H3,(H,18,19). The lowest BCUT2D eigenvalue weighted by molar-refractivity contribution is -0.141. The molecule has 0 aromatic carbocycles. The van der Waals surface area contributed by atoms with Crippen molar-refractivity contribution in [2.75, 3.05) is 5.32 Å². The average Bonchev–Trinajstić information content (AvgIpc) is 2.90. The molecule has 3 aromatic rings. The highest BCUT2D eigenvalue weighted by atomic mass is 19.4. The number of anilines is 1. The van der Waals surface area contributed by atoms with Gasteiger partial charge in [0.2, 0.25) is 0 Å². The minimum Gasteiger partial charge on any atom is -0.360 e. The van der Waals surface area contributed by atoms with Crippen LogP contribution in [0.3, 0.4) is 0 Å². The highest BCUT2D eigenvalue weighted by molar-refractivity contribution is 5.41. The summed E-state index contributed by atoms with van der Waals surface area (Å²) in [6.45, 7) is 1.78. The lowest BCUT2D eigenvalue weighted by Gasteiger charge is -2.14. The molecule has 0 saturated heterocycles. The SMILES string of the molecule is CC(Nc1cccc(C(F)(F)F)n1)c1nnc2ccccn12. The normalized spacial score (nSPS) is 13.3. The summed E-state index contributed by atoms with van der Waals surface area (Å²) in [5, 5.41) is 11.0. The molecule has 0 bridgehead atoms. The molecule has 22 heavy (non-hydrogen) atoms. The largest absolute Gasteiger partial charge is 0.433 e. The third-order valence-corrected chi connectivity index (χ3v) is 3.13. The van der Waals surface area contributed by atoms with E-state index in [2.05, 4.69) is 20.5 Å². The number of fused-ring (bicyclic) bond motifs is 1. The lowest BCUT2D eigenvalue weighted by Crippen LogP contribution is -2.14. The number of aromatic nitrogens is 4. The van der Waals surface area contributed by atoms with Crippen LogP contribution in [0, 0.1) is 0 Å². The van der Waals surface area contributed by atoms with Crippen molar-refractivity contribution in [1.82, 2.24) is 19.6 Å². The molecule has 0 radical (unpaired) electrons. The maximum atomic E-state index is 12.7. The van der Waals surface area contributed by atoms with E-state index in [0.717, 1.165) is 6.07 Å². The fraction of sp³-hybridized carbons (Fsp3) is 0.214. The molecule has 0 aliphatic rings. The van der Waals surface area contributed by atoms with Crippen LogP contribution in [0.2, 0.25) is 0 Å². The minimum absolute atomic E-state index is 0.134. The molecule has 0 aliphatic carbocycles. The number of nitrogens with zero attached hydrogens (tertiary/aromatic N) is 4. The van der Waals surface area contributed by atoms with Crippen molar-refractivity contribution in [1.29, 1.82) is 0 Å². The number of pyridine rings is 2. The Hall–Kier alpha value is -2.64. The van der Waals surface area contributed by atoms with E-state index in [0.29, 0.717) is 11.5 Å². The molecular weight excluding hydrogens is 295 g/mol. The van der Waals surface area contributed by atoms with Crippen molar-refractivity contribution in [3.8, 4) is 0 Å². The molecule has 8 heteroatoms. The maximum absolute atomic E-state index is 12.7. The van der Waals surface area contributed by atoms with Crippen LogP contribution in [-0.2, 0) is 6.18 Å².